The minimum Gasteiger partial charge on any atom is -0.491 e. The molecule has 0 unspecified atom stereocenters. The topological polar surface area (TPSA) is 33.0 Å². The molecule has 1 aliphatic rings. The molecule has 0 aliphatic heterocycles. The molecule has 0 radical (unpaired) electrons. The number of hydrogen-bond donors (Lipinski definition) is 0. The summed E-state index contributed by atoms with van der Waals surface area (Å²) in [4.78, 5) is 0. The predicted octanol–water partition coefficient (Wildman–Crippen LogP) is 6.24. The Morgan fingerprint density at radius 2 is 1.75 bits per heavy atom. The van der Waals surface area contributed by atoms with Gasteiger partial charge in [-0.3, -0.25) is 0 Å². The summed E-state index contributed by atoms with van der Waals surface area (Å²) in [6.07, 6.45) is 13.1. The molecule has 0 saturated heterocycles. The van der Waals surface area contributed by atoms with Gasteiger partial charge in [0.15, 0.2) is 11.6 Å². The maximum absolute atomic E-state index is 13.7. The minimum absolute atomic E-state index is 0.258. The number of hydrogen-bond acceptors (Lipinski definition) is 2. The molecule has 1 saturated carbocycles. The van der Waals surface area contributed by atoms with E-state index >= 15 is 0 Å². The van der Waals surface area contributed by atoms with Crippen LogP contribution in [0.3, 0.4) is 0 Å². The summed E-state index contributed by atoms with van der Waals surface area (Å²) in [7, 11) is 0. The Hall–Kier alpha value is -1.56. The maximum Gasteiger partial charge on any atom is 0.166 e. The lowest BCUT2D eigenvalue weighted by molar-refractivity contribution is 0.225. The summed E-state index contributed by atoms with van der Waals surface area (Å²) < 4.78 is 19.2. The zero-order chi connectivity index (χ0) is 17.2. The van der Waals surface area contributed by atoms with E-state index in [9.17, 15) is 4.39 Å². The van der Waals surface area contributed by atoms with Gasteiger partial charge in [-0.1, -0.05) is 58.3 Å². The molecular formula is C21H30FNO. The highest BCUT2D eigenvalue weighted by molar-refractivity contribution is 5.35. The molecule has 0 amide bonds. The van der Waals surface area contributed by atoms with Crippen molar-refractivity contribution in [3.05, 3.63) is 29.6 Å². The van der Waals surface area contributed by atoms with Crippen LogP contribution in [-0.2, 0) is 0 Å². The fourth-order valence-corrected chi connectivity index (χ4v) is 3.73. The zero-order valence-electron chi connectivity index (χ0n) is 14.9. The van der Waals surface area contributed by atoms with Crippen molar-refractivity contribution in [3.63, 3.8) is 0 Å². The normalized spacial score (nSPS) is 20.5. The SMILES string of the molecule is CCCCCC1CCC(CCCOc2ccc(C#N)cc2F)CC1. The second-order valence-electron chi connectivity index (χ2n) is 7.13. The Bertz CT molecular complexity index is 529. The second kappa shape index (κ2) is 10.3. The predicted molar refractivity (Wildman–Crippen MR) is 95.4 cm³/mol. The van der Waals surface area contributed by atoms with Gasteiger partial charge in [-0.2, -0.15) is 5.26 Å². The number of ether oxygens (including phenoxy) is 1. The van der Waals surface area contributed by atoms with Crippen molar-refractivity contribution in [2.75, 3.05) is 6.61 Å². The first-order chi connectivity index (χ1) is 11.7. The summed E-state index contributed by atoms with van der Waals surface area (Å²) in [5.41, 5.74) is 0.329. The fraction of sp³-hybridized carbons (Fsp3) is 0.667. The number of nitriles is 1. The summed E-state index contributed by atoms with van der Waals surface area (Å²) in [6.45, 7) is 2.82. The molecule has 0 heterocycles. The number of benzene rings is 1. The van der Waals surface area contributed by atoms with E-state index in [1.54, 1.807) is 12.1 Å². The third-order valence-corrected chi connectivity index (χ3v) is 5.26. The maximum atomic E-state index is 13.7. The zero-order valence-corrected chi connectivity index (χ0v) is 14.9. The van der Waals surface area contributed by atoms with Crippen molar-refractivity contribution in [3.8, 4) is 11.8 Å². The molecule has 0 N–H and O–H groups in total. The van der Waals surface area contributed by atoms with E-state index < -0.39 is 5.82 Å². The van der Waals surface area contributed by atoms with Gasteiger partial charge in [-0.15, -0.1) is 0 Å². The third kappa shape index (κ3) is 6.15. The Morgan fingerprint density at radius 3 is 2.33 bits per heavy atom. The monoisotopic (exact) mass is 331 g/mol. The van der Waals surface area contributed by atoms with Gasteiger partial charge in [-0.25, -0.2) is 4.39 Å². The quantitative estimate of drug-likeness (QED) is 0.501. The summed E-state index contributed by atoms with van der Waals surface area (Å²) in [5, 5.41) is 8.73. The lowest BCUT2D eigenvalue weighted by Crippen LogP contribution is -2.15. The molecule has 1 aliphatic carbocycles. The van der Waals surface area contributed by atoms with Crippen LogP contribution >= 0.6 is 0 Å². The van der Waals surface area contributed by atoms with Gasteiger partial charge in [0.2, 0.25) is 0 Å². The largest absolute Gasteiger partial charge is 0.491 e. The molecule has 132 valence electrons. The van der Waals surface area contributed by atoms with E-state index in [1.165, 1.54) is 63.9 Å². The highest BCUT2D eigenvalue weighted by Gasteiger charge is 2.20. The van der Waals surface area contributed by atoms with E-state index in [-0.39, 0.29) is 5.75 Å². The van der Waals surface area contributed by atoms with Crippen LogP contribution in [0.1, 0.15) is 76.7 Å². The van der Waals surface area contributed by atoms with Crippen LogP contribution in [0.15, 0.2) is 18.2 Å². The average Bonchev–Trinajstić information content (AvgIpc) is 2.61. The van der Waals surface area contributed by atoms with E-state index in [1.807, 2.05) is 6.07 Å². The van der Waals surface area contributed by atoms with E-state index in [2.05, 4.69) is 6.92 Å². The van der Waals surface area contributed by atoms with E-state index in [4.69, 9.17) is 10.00 Å². The smallest absolute Gasteiger partial charge is 0.166 e. The molecule has 0 aromatic heterocycles. The van der Waals surface area contributed by atoms with Gasteiger partial charge in [0.05, 0.1) is 18.2 Å². The van der Waals surface area contributed by atoms with Gasteiger partial charge in [0.25, 0.3) is 0 Å². The van der Waals surface area contributed by atoms with Crippen LogP contribution in [0.25, 0.3) is 0 Å². The van der Waals surface area contributed by atoms with Crippen LogP contribution in [-0.4, -0.2) is 6.61 Å². The molecule has 24 heavy (non-hydrogen) atoms. The van der Waals surface area contributed by atoms with Crippen molar-refractivity contribution in [1.82, 2.24) is 0 Å². The van der Waals surface area contributed by atoms with Gasteiger partial charge < -0.3 is 4.74 Å². The molecule has 1 fully saturated rings. The van der Waals surface area contributed by atoms with Crippen LogP contribution < -0.4 is 4.74 Å². The van der Waals surface area contributed by atoms with Gasteiger partial charge in [-0.05, 0) is 42.9 Å². The molecule has 0 spiro atoms. The molecule has 3 heteroatoms. The van der Waals surface area contributed by atoms with E-state index in [0.29, 0.717) is 12.2 Å². The average molecular weight is 331 g/mol. The number of halogens is 1. The highest BCUT2D eigenvalue weighted by atomic mass is 19.1. The van der Waals surface area contributed by atoms with Crippen molar-refractivity contribution in [2.45, 2.75) is 71.1 Å². The lowest BCUT2D eigenvalue weighted by Gasteiger charge is -2.28. The van der Waals surface area contributed by atoms with Crippen LogP contribution in [0.2, 0.25) is 0 Å². The summed E-state index contributed by atoms with van der Waals surface area (Å²) in [6, 6.07) is 6.31. The standard InChI is InChI=1S/C21H30FNO/c1-2-3-4-6-17-8-10-18(11-9-17)7-5-14-24-21-13-12-19(16-23)15-20(21)22/h12-13,15,17-18H,2-11,14H2,1H3. The highest BCUT2D eigenvalue weighted by Crippen LogP contribution is 2.34. The number of rotatable bonds is 9. The van der Waals surface area contributed by atoms with Crippen molar-refractivity contribution < 1.29 is 9.13 Å². The Kier molecular flexibility index (Phi) is 8.08. The van der Waals surface area contributed by atoms with Crippen molar-refractivity contribution in [2.24, 2.45) is 11.8 Å². The van der Waals surface area contributed by atoms with Crippen LogP contribution in [0, 0.1) is 29.0 Å². The lowest BCUT2D eigenvalue weighted by atomic mass is 9.78. The molecular weight excluding hydrogens is 301 g/mol. The van der Waals surface area contributed by atoms with E-state index in [0.717, 1.165) is 18.3 Å². The minimum atomic E-state index is -0.443. The van der Waals surface area contributed by atoms with Crippen LogP contribution in [0.5, 0.6) is 5.75 Å². The molecule has 0 bridgehead atoms. The molecule has 0 atom stereocenters. The first-order valence-corrected chi connectivity index (χ1v) is 9.55. The Labute approximate surface area is 146 Å². The van der Waals surface area contributed by atoms with Gasteiger partial charge in [0.1, 0.15) is 0 Å². The Balaban J connectivity index is 1.59. The fourth-order valence-electron chi connectivity index (χ4n) is 3.73. The second-order valence-corrected chi connectivity index (χ2v) is 7.13. The molecule has 1 aromatic carbocycles. The first kappa shape index (κ1) is 18.8. The summed E-state index contributed by atoms with van der Waals surface area (Å²) >= 11 is 0. The number of nitrogens with zero attached hydrogens (tertiary/aromatic N) is 1. The van der Waals surface area contributed by atoms with Gasteiger partial charge >= 0.3 is 0 Å². The molecule has 2 rings (SSSR count). The van der Waals surface area contributed by atoms with Crippen molar-refractivity contribution in [1.29, 1.82) is 5.26 Å². The van der Waals surface area contributed by atoms with Crippen molar-refractivity contribution >= 4 is 0 Å². The van der Waals surface area contributed by atoms with Gasteiger partial charge in [0, 0.05) is 0 Å². The van der Waals surface area contributed by atoms with Crippen LogP contribution in [0.4, 0.5) is 4.39 Å². The molecule has 1 aromatic rings. The first-order valence-electron chi connectivity index (χ1n) is 9.55. The number of unbranched alkanes of at least 4 members (excludes halogenated alkanes) is 2. The Morgan fingerprint density at radius 1 is 1.08 bits per heavy atom. The summed E-state index contributed by atoms with van der Waals surface area (Å²) in [5.74, 6) is 1.59. The molecule has 2 nitrogen and oxygen atoms in total. The third-order valence-electron chi connectivity index (χ3n) is 5.26.